The summed E-state index contributed by atoms with van der Waals surface area (Å²) in [5.74, 6) is -0.00319. The number of H-pyrrole nitrogens is 1. The maximum absolute atomic E-state index is 12.0. The number of hydrogen-bond acceptors (Lipinski definition) is 4. The van der Waals surface area contributed by atoms with Gasteiger partial charge in [0, 0.05) is 51.3 Å². The van der Waals surface area contributed by atoms with E-state index < -0.39 is 0 Å². The first-order valence-electron chi connectivity index (χ1n) is 8.89. The van der Waals surface area contributed by atoms with E-state index in [1.807, 2.05) is 30.6 Å². The van der Waals surface area contributed by atoms with E-state index in [1.54, 1.807) is 19.0 Å². The minimum absolute atomic E-state index is 0.00319. The fraction of sp³-hybridized carbons (Fsp3) is 0.474. The molecule has 1 saturated heterocycles. The zero-order chi connectivity index (χ0) is 17.6. The second kappa shape index (κ2) is 8.27. The van der Waals surface area contributed by atoms with Crippen LogP contribution in [0.2, 0.25) is 0 Å². The molecule has 1 aliphatic heterocycles. The predicted octanol–water partition coefficient (Wildman–Crippen LogP) is 2.04. The molecule has 25 heavy (non-hydrogen) atoms. The highest BCUT2D eigenvalue weighted by molar-refractivity contribution is 5.92. The van der Waals surface area contributed by atoms with Crippen LogP contribution in [-0.2, 0) is 6.54 Å². The van der Waals surface area contributed by atoms with Gasteiger partial charge >= 0.3 is 0 Å². The molecule has 2 aromatic rings. The molecule has 3 rings (SSSR count). The Bertz CT molecular complexity index is 676. The molecule has 6 nitrogen and oxygen atoms in total. The number of nitrogens with one attached hydrogen (secondary N) is 2. The zero-order valence-corrected chi connectivity index (χ0v) is 15.0. The fourth-order valence-corrected chi connectivity index (χ4v) is 3.34. The Balaban J connectivity index is 1.59. The smallest absolute Gasteiger partial charge is 0.269 e. The lowest BCUT2D eigenvalue weighted by atomic mass is 10.1. The maximum Gasteiger partial charge on any atom is 0.269 e. The molecule has 0 radical (unpaired) electrons. The Morgan fingerprint density at radius 3 is 2.80 bits per heavy atom. The van der Waals surface area contributed by atoms with Crippen LogP contribution >= 0.6 is 0 Å². The van der Waals surface area contributed by atoms with Gasteiger partial charge in [0.25, 0.3) is 5.91 Å². The summed E-state index contributed by atoms with van der Waals surface area (Å²) >= 11 is 0. The quantitative estimate of drug-likeness (QED) is 0.809. The normalized spacial score (nSPS) is 16.1. The van der Waals surface area contributed by atoms with Gasteiger partial charge in [-0.05, 0) is 49.7 Å². The summed E-state index contributed by atoms with van der Waals surface area (Å²) in [6.45, 7) is 3.86. The zero-order valence-electron chi connectivity index (χ0n) is 15.0. The molecule has 1 unspecified atom stereocenters. The lowest BCUT2D eigenvalue weighted by Gasteiger charge is -2.28. The second-order valence-electron chi connectivity index (χ2n) is 6.77. The summed E-state index contributed by atoms with van der Waals surface area (Å²) in [6, 6.07) is 8.31. The number of aromatic nitrogens is 2. The molecule has 1 fully saturated rings. The van der Waals surface area contributed by atoms with E-state index in [9.17, 15) is 4.79 Å². The Kier molecular flexibility index (Phi) is 5.83. The molecule has 6 heteroatoms. The average Bonchev–Trinajstić information content (AvgIpc) is 3.31. The van der Waals surface area contributed by atoms with Crippen molar-refractivity contribution in [3.63, 3.8) is 0 Å². The van der Waals surface area contributed by atoms with Crippen molar-refractivity contribution in [2.75, 3.05) is 33.7 Å². The molecule has 0 aromatic carbocycles. The molecule has 0 saturated carbocycles. The molecular weight excluding hydrogens is 314 g/mol. The van der Waals surface area contributed by atoms with Gasteiger partial charge in [0.05, 0.1) is 0 Å². The van der Waals surface area contributed by atoms with Gasteiger partial charge in [-0.1, -0.05) is 6.07 Å². The SMILES string of the molecule is CN(C)C(=O)c1ccc(CNCC(c2cccnc2)N2CCCC2)[nH]1. The molecule has 2 aromatic heterocycles. The van der Waals surface area contributed by atoms with Crippen LogP contribution in [0.5, 0.6) is 0 Å². The van der Waals surface area contributed by atoms with Crippen molar-refractivity contribution >= 4 is 5.91 Å². The van der Waals surface area contributed by atoms with E-state index in [4.69, 9.17) is 0 Å². The summed E-state index contributed by atoms with van der Waals surface area (Å²) in [5.41, 5.74) is 2.91. The van der Waals surface area contributed by atoms with Crippen LogP contribution in [0.15, 0.2) is 36.7 Å². The lowest BCUT2D eigenvalue weighted by Crippen LogP contribution is -2.34. The first-order chi connectivity index (χ1) is 12.1. The van der Waals surface area contributed by atoms with Crippen molar-refractivity contribution in [2.45, 2.75) is 25.4 Å². The van der Waals surface area contributed by atoms with Crippen molar-refractivity contribution < 1.29 is 4.79 Å². The minimum atomic E-state index is -0.00319. The largest absolute Gasteiger partial charge is 0.353 e. The third-order valence-corrected chi connectivity index (χ3v) is 4.69. The number of hydrogen-bond donors (Lipinski definition) is 2. The van der Waals surface area contributed by atoms with E-state index >= 15 is 0 Å². The Labute approximate surface area is 149 Å². The first kappa shape index (κ1) is 17.6. The molecular formula is C19H27N5O. The Hall–Kier alpha value is -2.18. The molecule has 1 amide bonds. The number of aromatic amines is 1. The molecule has 134 valence electrons. The van der Waals surface area contributed by atoms with Gasteiger partial charge in [-0.15, -0.1) is 0 Å². The Morgan fingerprint density at radius 2 is 2.12 bits per heavy atom. The molecule has 0 bridgehead atoms. The van der Waals surface area contributed by atoms with Crippen LogP contribution in [-0.4, -0.2) is 59.4 Å². The number of carbonyl (C=O) groups excluding carboxylic acids is 1. The molecule has 0 spiro atoms. The van der Waals surface area contributed by atoms with Crippen LogP contribution < -0.4 is 5.32 Å². The van der Waals surface area contributed by atoms with Crippen molar-refractivity contribution in [3.8, 4) is 0 Å². The van der Waals surface area contributed by atoms with Crippen molar-refractivity contribution in [2.24, 2.45) is 0 Å². The van der Waals surface area contributed by atoms with E-state index in [-0.39, 0.29) is 5.91 Å². The van der Waals surface area contributed by atoms with Crippen LogP contribution in [0.1, 0.15) is 40.6 Å². The highest BCUT2D eigenvalue weighted by atomic mass is 16.2. The van der Waals surface area contributed by atoms with Gasteiger partial charge in [-0.3, -0.25) is 14.7 Å². The summed E-state index contributed by atoms with van der Waals surface area (Å²) < 4.78 is 0. The standard InChI is InChI=1S/C19H27N5O/c1-23(2)19(25)17-8-7-16(22-17)13-21-14-18(24-10-3-4-11-24)15-6-5-9-20-12-15/h5-9,12,18,21-22H,3-4,10-11,13-14H2,1-2H3. The molecule has 1 aliphatic rings. The van der Waals surface area contributed by atoms with Gasteiger partial charge < -0.3 is 15.2 Å². The van der Waals surface area contributed by atoms with E-state index in [0.29, 0.717) is 18.3 Å². The van der Waals surface area contributed by atoms with Gasteiger partial charge in [0.1, 0.15) is 5.69 Å². The molecule has 0 aliphatic carbocycles. The summed E-state index contributed by atoms with van der Waals surface area (Å²) in [4.78, 5) is 23.5. The van der Waals surface area contributed by atoms with Crippen LogP contribution in [0.3, 0.4) is 0 Å². The highest BCUT2D eigenvalue weighted by Crippen LogP contribution is 2.24. The van der Waals surface area contributed by atoms with Crippen LogP contribution in [0.25, 0.3) is 0 Å². The number of nitrogens with zero attached hydrogens (tertiary/aromatic N) is 3. The van der Waals surface area contributed by atoms with Crippen molar-refractivity contribution in [3.05, 3.63) is 53.6 Å². The third-order valence-electron chi connectivity index (χ3n) is 4.69. The fourth-order valence-electron chi connectivity index (χ4n) is 3.34. The number of likely N-dealkylation sites (tertiary alicyclic amines) is 1. The van der Waals surface area contributed by atoms with E-state index in [0.717, 1.165) is 25.3 Å². The van der Waals surface area contributed by atoms with Gasteiger partial charge in [-0.25, -0.2) is 0 Å². The van der Waals surface area contributed by atoms with Crippen molar-refractivity contribution in [1.82, 2.24) is 25.1 Å². The predicted molar refractivity (Wildman–Crippen MR) is 98.3 cm³/mol. The topological polar surface area (TPSA) is 64.3 Å². The van der Waals surface area contributed by atoms with E-state index in [1.165, 1.54) is 18.4 Å². The van der Waals surface area contributed by atoms with Crippen molar-refractivity contribution in [1.29, 1.82) is 0 Å². The summed E-state index contributed by atoms with van der Waals surface area (Å²) in [7, 11) is 3.52. The van der Waals surface area contributed by atoms with Gasteiger partial charge in [0.2, 0.25) is 0 Å². The lowest BCUT2D eigenvalue weighted by molar-refractivity contribution is 0.0822. The first-order valence-corrected chi connectivity index (χ1v) is 8.89. The summed E-state index contributed by atoms with van der Waals surface area (Å²) in [6.07, 6.45) is 6.32. The second-order valence-corrected chi connectivity index (χ2v) is 6.77. The van der Waals surface area contributed by atoms with Gasteiger partial charge in [-0.2, -0.15) is 0 Å². The van der Waals surface area contributed by atoms with E-state index in [2.05, 4.69) is 26.3 Å². The third kappa shape index (κ3) is 4.46. The summed E-state index contributed by atoms with van der Waals surface area (Å²) in [5, 5.41) is 3.53. The molecule has 3 heterocycles. The number of rotatable bonds is 7. The highest BCUT2D eigenvalue weighted by Gasteiger charge is 2.23. The molecule has 2 N–H and O–H groups in total. The Morgan fingerprint density at radius 1 is 1.32 bits per heavy atom. The van der Waals surface area contributed by atoms with Crippen LogP contribution in [0.4, 0.5) is 0 Å². The number of pyridine rings is 1. The van der Waals surface area contributed by atoms with Gasteiger partial charge in [0.15, 0.2) is 0 Å². The maximum atomic E-state index is 12.0. The number of amides is 1. The number of carbonyl (C=O) groups is 1. The minimum Gasteiger partial charge on any atom is -0.353 e. The molecule has 1 atom stereocenters. The van der Waals surface area contributed by atoms with Crippen LogP contribution in [0, 0.1) is 0 Å². The average molecular weight is 341 g/mol. The monoisotopic (exact) mass is 341 g/mol.